The van der Waals surface area contributed by atoms with Crippen molar-refractivity contribution in [2.45, 2.75) is 112 Å². The van der Waals surface area contributed by atoms with Crippen molar-refractivity contribution in [2.24, 2.45) is 21.2 Å². The second-order valence-corrected chi connectivity index (χ2v) is 15.8. The summed E-state index contributed by atoms with van der Waals surface area (Å²) in [6.45, 7) is 12.9. The molecule has 0 bridgehead atoms. The van der Waals surface area contributed by atoms with E-state index in [2.05, 4.69) is 57.2 Å². The summed E-state index contributed by atoms with van der Waals surface area (Å²) in [5.74, 6) is -1.46. The van der Waals surface area contributed by atoms with Gasteiger partial charge >= 0.3 is 5.97 Å². The Morgan fingerprint density at radius 2 is 1.42 bits per heavy atom. The third kappa shape index (κ3) is 11.3. The topological polar surface area (TPSA) is 138 Å². The van der Waals surface area contributed by atoms with Crippen LogP contribution in [0.5, 0.6) is 0 Å². The molecule has 0 saturated heterocycles. The van der Waals surface area contributed by atoms with Crippen LogP contribution in [0.1, 0.15) is 122 Å². The summed E-state index contributed by atoms with van der Waals surface area (Å²) in [5.41, 5.74) is 3.47. The molecule has 2 unspecified atom stereocenters. The van der Waals surface area contributed by atoms with E-state index in [0.717, 1.165) is 42.4 Å². The van der Waals surface area contributed by atoms with Crippen molar-refractivity contribution < 1.29 is 28.7 Å². The number of carbonyl (C=O) groups is 5. The Bertz CT molecular complexity index is 1570. The smallest absolute Gasteiger partial charge is 0.313 e. The van der Waals surface area contributed by atoms with Gasteiger partial charge in [0.1, 0.15) is 43.2 Å². The lowest BCUT2D eigenvalue weighted by Gasteiger charge is -2.35. The van der Waals surface area contributed by atoms with E-state index < -0.39 is 18.1 Å². The molecule has 0 aliphatic carbocycles. The van der Waals surface area contributed by atoms with Crippen LogP contribution in [0.3, 0.4) is 0 Å². The van der Waals surface area contributed by atoms with Gasteiger partial charge in [-0.3, -0.25) is 29.0 Å². The molecular weight excluding hydrogens is 634 g/mol. The van der Waals surface area contributed by atoms with Crippen molar-refractivity contribution in [3.05, 3.63) is 65.2 Å². The van der Waals surface area contributed by atoms with Gasteiger partial charge in [0.25, 0.3) is 0 Å². The Morgan fingerprint density at radius 3 is 2.08 bits per heavy atom. The zero-order chi connectivity index (χ0) is 36.5. The molecule has 2 aromatic carbocycles. The fraction of sp³-hybridized carbons (Fsp3) is 0.564. The monoisotopic (exact) mass is 687 g/mol. The fourth-order valence-corrected chi connectivity index (χ4v) is 6.37. The van der Waals surface area contributed by atoms with E-state index in [0.29, 0.717) is 18.5 Å². The molecular formula is C39H53N5O6. The minimum absolute atomic E-state index is 0.0599. The SMILES string of the molecule is CC(C)(C)CCCC(=O)CC(=O)OCCNC(=O)CN1N=NC2c3ccccc3CN(C(=O)CC(=O)CCCC(C)(C)C)c3ccccc3C21. The van der Waals surface area contributed by atoms with Crippen LogP contribution in [-0.2, 0) is 35.3 Å². The van der Waals surface area contributed by atoms with Gasteiger partial charge in [0.15, 0.2) is 0 Å². The Balaban J connectivity index is 1.40. The highest BCUT2D eigenvalue weighted by molar-refractivity contribution is 6.06. The summed E-state index contributed by atoms with van der Waals surface area (Å²) >= 11 is 0. The molecule has 2 atom stereocenters. The minimum atomic E-state index is -0.605. The van der Waals surface area contributed by atoms with E-state index >= 15 is 0 Å². The number of para-hydroxylation sites is 1. The number of benzene rings is 2. The maximum atomic E-state index is 13.8. The largest absolute Gasteiger partial charge is 0.463 e. The first-order chi connectivity index (χ1) is 23.6. The lowest BCUT2D eigenvalue weighted by atomic mass is 9.87. The minimum Gasteiger partial charge on any atom is -0.463 e. The number of hydrogen-bond donors (Lipinski definition) is 1. The summed E-state index contributed by atoms with van der Waals surface area (Å²) < 4.78 is 5.19. The molecule has 11 heteroatoms. The molecule has 0 spiro atoms. The van der Waals surface area contributed by atoms with Gasteiger partial charge in [0.2, 0.25) is 11.8 Å². The highest BCUT2D eigenvalue weighted by atomic mass is 16.5. The van der Waals surface area contributed by atoms with Gasteiger partial charge in [-0.25, -0.2) is 0 Å². The molecule has 2 aliphatic heterocycles. The van der Waals surface area contributed by atoms with Crippen molar-refractivity contribution in [1.82, 2.24) is 10.3 Å². The maximum Gasteiger partial charge on any atom is 0.313 e. The van der Waals surface area contributed by atoms with Crippen molar-refractivity contribution in [2.75, 3.05) is 24.6 Å². The fourth-order valence-electron chi connectivity index (χ4n) is 6.37. The van der Waals surface area contributed by atoms with Gasteiger partial charge in [-0.1, -0.05) is 89.2 Å². The Morgan fingerprint density at radius 1 is 0.820 bits per heavy atom. The normalized spacial score (nSPS) is 16.8. The number of rotatable bonds is 15. The number of hydrogen-bond acceptors (Lipinski definition) is 9. The third-order valence-electron chi connectivity index (χ3n) is 8.91. The zero-order valence-corrected chi connectivity index (χ0v) is 30.5. The average molecular weight is 688 g/mol. The lowest BCUT2D eigenvalue weighted by Crippen LogP contribution is -2.39. The Labute approximate surface area is 296 Å². The first kappa shape index (κ1) is 38.4. The van der Waals surface area contributed by atoms with E-state index in [1.807, 2.05) is 48.5 Å². The van der Waals surface area contributed by atoms with Crippen molar-refractivity contribution >= 4 is 35.0 Å². The molecule has 2 aliphatic rings. The van der Waals surface area contributed by atoms with Crippen molar-refractivity contribution in [3.8, 4) is 0 Å². The van der Waals surface area contributed by atoms with Crippen LogP contribution in [0.15, 0.2) is 58.9 Å². The summed E-state index contributed by atoms with van der Waals surface area (Å²) in [4.78, 5) is 65.8. The number of amides is 2. The number of ether oxygens (including phenoxy) is 1. The predicted octanol–water partition coefficient (Wildman–Crippen LogP) is 7.01. The second-order valence-electron chi connectivity index (χ2n) is 15.8. The number of carbonyl (C=O) groups excluding carboxylic acids is 5. The standard InChI is InChI=1S/C39H53N5O6/c1-38(2,3)19-11-14-28(45)23-34(48)43-25-27-13-7-8-16-30(27)36-37(31-17-9-10-18-32(31)43)44(42-41-36)26-33(47)40-21-22-50-35(49)24-29(46)15-12-20-39(4,5)6/h7-10,13,16-18,36-37H,11-12,14-15,19-26H2,1-6H3,(H,40,47). The quantitative estimate of drug-likeness (QED) is 0.121. The van der Waals surface area contributed by atoms with E-state index in [1.54, 1.807) is 9.91 Å². The van der Waals surface area contributed by atoms with Crippen LogP contribution < -0.4 is 10.2 Å². The molecule has 2 heterocycles. The first-order valence-corrected chi connectivity index (χ1v) is 17.7. The summed E-state index contributed by atoms with van der Waals surface area (Å²) in [6, 6.07) is 14.4. The molecule has 0 fully saturated rings. The molecule has 2 aromatic rings. The molecule has 0 aromatic heterocycles. The van der Waals surface area contributed by atoms with Crippen LogP contribution in [0.2, 0.25) is 0 Å². The number of esters is 1. The molecule has 4 rings (SSSR count). The number of anilines is 1. The van der Waals surface area contributed by atoms with Gasteiger partial charge in [-0.2, -0.15) is 5.11 Å². The predicted molar refractivity (Wildman–Crippen MR) is 191 cm³/mol. The van der Waals surface area contributed by atoms with Gasteiger partial charge < -0.3 is 15.0 Å². The highest BCUT2D eigenvalue weighted by Gasteiger charge is 2.41. The first-order valence-electron chi connectivity index (χ1n) is 17.7. The van der Waals surface area contributed by atoms with Crippen LogP contribution >= 0.6 is 0 Å². The number of ketones is 2. The van der Waals surface area contributed by atoms with E-state index in [1.165, 1.54) is 0 Å². The van der Waals surface area contributed by atoms with E-state index in [9.17, 15) is 24.0 Å². The van der Waals surface area contributed by atoms with Gasteiger partial charge in [0.05, 0.1) is 19.5 Å². The Hall–Kier alpha value is -4.41. The molecule has 50 heavy (non-hydrogen) atoms. The second kappa shape index (κ2) is 17.0. The van der Waals surface area contributed by atoms with E-state index in [-0.39, 0.29) is 73.3 Å². The third-order valence-corrected chi connectivity index (χ3v) is 8.91. The molecule has 1 N–H and O–H groups in total. The maximum absolute atomic E-state index is 13.8. The number of nitrogens with one attached hydrogen (secondary N) is 1. The van der Waals surface area contributed by atoms with Crippen molar-refractivity contribution in [1.29, 1.82) is 0 Å². The molecule has 11 nitrogen and oxygen atoms in total. The summed E-state index contributed by atoms with van der Waals surface area (Å²) in [7, 11) is 0. The van der Waals surface area contributed by atoms with Crippen LogP contribution in [-0.4, -0.2) is 54.1 Å². The molecule has 2 amide bonds. The molecule has 0 saturated carbocycles. The molecule has 0 radical (unpaired) electrons. The van der Waals surface area contributed by atoms with Crippen LogP contribution in [0, 0.1) is 10.8 Å². The Kier molecular flexibility index (Phi) is 13.1. The zero-order valence-electron chi connectivity index (χ0n) is 30.5. The summed E-state index contributed by atoms with van der Waals surface area (Å²) in [5, 5.41) is 13.4. The van der Waals surface area contributed by atoms with E-state index in [4.69, 9.17) is 4.74 Å². The summed E-state index contributed by atoms with van der Waals surface area (Å²) in [6.07, 6.45) is 3.48. The van der Waals surface area contributed by atoms with Gasteiger partial charge in [-0.05, 0) is 53.7 Å². The average Bonchev–Trinajstić information content (AvgIpc) is 3.42. The number of nitrogens with zero attached hydrogens (tertiary/aromatic N) is 4. The number of fused-ring (bicyclic) bond motifs is 5. The highest BCUT2D eigenvalue weighted by Crippen LogP contribution is 2.48. The molecule has 270 valence electrons. The van der Waals surface area contributed by atoms with Crippen molar-refractivity contribution in [3.63, 3.8) is 0 Å². The lowest BCUT2D eigenvalue weighted by molar-refractivity contribution is -0.146. The van der Waals surface area contributed by atoms with Gasteiger partial charge in [0, 0.05) is 24.1 Å². The van der Waals surface area contributed by atoms with Crippen LogP contribution in [0.25, 0.3) is 0 Å². The van der Waals surface area contributed by atoms with Gasteiger partial charge in [-0.15, -0.1) is 0 Å². The van der Waals surface area contributed by atoms with Crippen LogP contribution in [0.4, 0.5) is 5.69 Å². The number of Topliss-reactive ketones (excluding diaryl/α,β-unsaturated/α-hetero) is 2.